The lowest BCUT2D eigenvalue weighted by atomic mass is 9.83. The van der Waals surface area contributed by atoms with E-state index in [4.69, 9.17) is 15.2 Å². The number of amides is 1. The van der Waals surface area contributed by atoms with Gasteiger partial charge >= 0.3 is 0 Å². The number of methoxy groups -OCH3 is 1. The fraction of sp³-hybridized carbons (Fsp3) is 0.333. The Morgan fingerprint density at radius 1 is 1.14 bits per heavy atom. The average molecular weight is 585 g/mol. The highest BCUT2D eigenvalue weighted by molar-refractivity contribution is 6.00. The van der Waals surface area contributed by atoms with Crippen LogP contribution < -0.4 is 10.5 Å². The fourth-order valence-corrected chi connectivity index (χ4v) is 5.27. The SMILES string of the molecule is COc1cc(C(N)=O)cc2c(CC3(c4cc(C(C)(C)O)c(F)c(-c5ccc(F)cc5)n4)CC(F)(F)CO3)c(C)nnc12. The van der Waals surface area contributed by atoms with Crippen LogP contribution >= 0.6 is 0 Å². The van der Waals surface area contributed by atoms with Crippen molar-refractivity contribution in [1.29, 1.82) is 0 Å². The van der Waals surface area contributed by atoms with Crippen LogP contribution in [0.15, 0.2) is 42.5 Å². The summed E-state index contributed by atoms with van der Waals surface area (Å²) >= 11 is 0. The number of halogens is 4. The molecule has 1 aliphatic rings. The molecule has 1 saturated heterocycles. The molecule has 5 rings (SSSR count). The van der Waals surface area contributed by atoms with Gasteiger partial charge in [0.1, 0.15) is 35.0 Å². The van der Waals surface area contributed by atoms with Gasteiger partial charge < -0.3 is 20.3 Å². The highest BCUT2D eigenvalue weighted by atomic mass is 19.3. The van der Waals surface area contributed by atoms with Gasteiger partial charge in [0.2, 0.25) is 5.91 Å². The van der Waals surface area contributed by atoms with E-state index < -0.39 is 47.7 Å². The van der Waals surface area contributed by atoms with E-state index in [1.807, 2.05) is 0 Å². The maximum atomic E-state index is 15.8. The number of aryl methyl sites for hydroxylation is 1. The van der Waals surface area contributed by atoms with E-state index >= 15 is 4.39 Å². The molecule has 220 valence electrons. The molecule has 0 saturated carbocycles. The zero-order chi connectivity index (χ0) is 30.6. The molecule has 0 spiro atoms. The van der Waals surface area contributed by atoms with Crippen molar-refractivity contribution < 1.29 is 36.9 Å². The first kappa shape index (κ1) is 29.3. The van der Waals surface area contributed by atoms with Gasteiger partial charge in [-0.3, -0.25) is 4.79 Å². The summed E-state index contributed by atoms with van der Waals surface area (Å²) in [5, 5.41) is 19.6. The van der Waals surface area contributed by atoms with E-state index in [2.05, 4.69) is 15.2 Å². The van der Waals surface area contributed by atoms with Crippen LogP contribution in [0.4, 0.5) is 17.6 Å². The van der Waals surface area contributed by atoms with Crippen LogP contribution in [0.25, 0.3) is 22.2 Å². The van der Waals surface area contributed by atoms with Gasteiger partial charge in [-0.1, -0.05) is 0 Å². The molecular formula is C30H28F4N4O4. The Kier molecular flexibility index (Phi) is 7.18. The van der Waals surface area contributed by atoms with Crippen LogP contribution in [0.2, 0.25) is 0 Å². The van der Waals surface area contributed by atoms with E-state index in [1.165, 1.54) is 51.3 Å². The average Bonchev–Trinajstić information content (AvgIpc) is 3.24. The molecule has 1 aliphatic heterocycles. The highest BCUT2D eigenvalue weighted by Crippen LogP contribution is 2.48. The van der Waals surface area contributed by atoms with E-state index in [1.54, 1.807) is 6.92 Å². The van der Waals surface area contributed by atoms with Crippen molar-refractivity contribution in [3.05, 3.63) is 82.2 Å². The van der Waals surface area contributed by atoms with E-state index in [-0.39, 0.29) is 45.8 Å². The summed E-state index contributed by atoms with van der Waals surface area (Å²) in [6.07, 6.45) is -1.07. The largest absolute Gasteiger partial charge is 0.494 e. The van der Waals surface area contributed by atoms with Crippen LogP contribution in [-0.4, -0.2) is 45.8 Å². The number of carbonyl (C=O) groups excluding carboxylic acids is 1. The summed E-state index contributed by atoms with van der Waals surface area (Å²) in [6.45, 7) is 3.38. The maximum Gasteiger partial charge on any atom is 0.274 e. The van der Waals surface area contributed by atoms with E-state index in [0.29, 0.717) is 16.6 Å². The maximum absolute atomic E-state index is 15.8. The predicted molar refractivity (Wildman–Crippen MR) is 145 cm³/mol. The number of nitrogens with two attached hydrogens (primary N) is 1. The Hall–Kier alpha value is -4.16. The quantitative estimate of drug-likeness (QED) is 0.290. The van der Waals surface area contributed by atoms with Crippen molar-refractivity contribution in [2.24, 2.45) is 5.73 Å². The van der Waals surface area contributed by atoms with Crippen LogP contribution in [-0.2, 0) is 22.4 Å². The van der Waals surface area contributed by atoms with Crippen molar-refractivity contribution in [3.8, 4) is 17.0 Å². The Bertz CT molecular complexity index is 1710. The molecule has 3 N–H and O–H groups in total. The first-order valence-corrected chi connectivity index (χ1v) is 13.0. The highest BCUT2D eigenvalue weighted by Gasteiger charge is 2.53. The molecule has 42 heavy (non-hydrogen) atoms. The topological polar surface area (TPSA) is 120 Å². The van der Waals surface area contributed by atoms with Gasteiger partial charge in [0.25, 0.3) is 5.92 Å². The number of fused-ring (bicyclic) bond motifs is 1. The smallest absolute Gasteiger partial charge is 0.274 e. The van der Waals surface area contributed by atoms with Crippen molar-refractivity contribution >= 4 is 16.8 Å². The Morgan fingerprint density at radius 3 is 2.40 bits per heavy atom. The summed E-state index contributed by atoms with van der Waals surface area (Å²) in [5.74, 6) is -5.27. The first-order valence-electron chi connectivity index (χ1n) is 13.0. The molecule has 0 aliphatic carbocycles. The van der Waals surface area contributed by atoms with Crippen LogP contribution in [0, 0.1) is 18.6 Å². The molecule has 0 radical (unpaired) electrons. The third-order valence-corrected chi connectivity index (χ3v) is 7.41. The van der Waals surface area contributed by atoms with Gasteiger partial charge in [-0.05, 0) is 68.8 Å². The summed E-state index contributed by atoms with van der Waals surface area (Å²) in [7, 11) is 1.38. The van der Waals surface area contributed by atoms with Crippen LogP contribution in [0.1, 0.15) is 53.1 Å². The normalized spacial score (nSPS) is 18.4. The Morgan fingerprint density at radius 2 is 1.83 bits per heavy atom. The number of pyridine rings is 1. The third kappa shape index (κ3) is 5.27. The Labute approximate surface area is 238 Å². The number of nitrogens with zero attached hydrogens (tertiary/aromatic N) is 3. The predicted octanol–water partition coefficient (Wildman–Crippen LogP) is 5.11. The number of aromatic nitrogens is 3. The van der Waals surface area contributed by atoms with Crippen molar-refractivity contribution in [2.75, 3.05) is 13.7 Å². The number of ether oxygens (including phenoxy) is 2. The minimum atomic E-state index is -3.28. The molecule has 1 unspecified atom stereocenters. The number of carbonyl (C=O) groups is 1. The molecular weight excluding hydrogens is 556 g/mol. The molecule has 1 fully saturated rings. The summed E-state index contributed by atoms with van der Waals surface area (Å²) < 4.78 is 70.7. The van der Waals surface area contributed by atoms with E-state index in [9.17, 15) is 23.1 Å². The Balaban J connectivity index is 1.78. The molecule has 3 heterocycles. The number of benzene rings is 2. The van der Waals surface area contributed by atoms with Gasteiger partial charge in [-0.15, -0.1) is 5.10 Å². The molecule has 2 aromatic heterocycles. The van der Waals surface area contributed by atoms with Crippen molar-refractivity contribution in [3.63, 3.8) is 0 Å². The van der Waals surface area contributed by atoms with Crippen molar-refractivity contribution in [2.45, 2.75) is 50.7 Å². The molecule has 1 atom stereocenters. The molecule has 2 aromatic carbocycles. The monoisotopic (exact) mass is 584 g/mol. The van der Waals surface area contributed by atoms with Gasteiger partial charge in [0.15, 0.2) is 5.82 Å². The lowest BCUT2D eigenvalue weighted by molar-refractivity contribution is -0.0275. The van der Waals surface area contributed by atoms with Crippen LogP contribution in [0.3, 0.4) is 0 Å². The minimum Gasteiger partial charge on any atom is -0.494 e. The van der Waals surface area contributed by atoms with Crippen LogP contribution in [0.5, 0.6) is 5.75 Å². The van der Waals surface area contributed by atoms with Gasteiger partial charge in [-0.25, -0.2) is 22.5 Å². The number of aliphatic hydroxyl groups is 1. The molecule has 12 heteroatoms. The number of hydrogen-bond acceptors (Lipinski definition) is 7. The fourth-order valence-electron chi connectivity index (χ4n) is 5.27. The number of alkyl halides is 2. The second-order valence-electron chi connectivity index (χ2n) is 11.0. The summed E-state index contributed by atoms with van der Waals surface area (Å²) in [4.78, 5) is 16.5. The number of rotatable bonds is 7. The number of primary amides is 1. The molecule has 1 amide bonds. The second-order valence-corrected chi connectivity index (χ2v) is 11.0. The van der Waals surface area contributed by atoms with Gasteiger partial charge in [-0.2, -0.15) is 5.10 Å². The standard InChI is InChI=1S/C30H28F4N4O4/c1-15-20(19-9-17(27(35)39)10-22(41-4)26(19)38-37-15)12-29(13-30(33,34)14-42-29)23-11-21(28(2,3)40)24(32)25(36-23)16-5-7-18(31)8-6-16/h5-11,40H,12-14H2,1-4H3,(H2,35,39). The molecule has 4 aromatic rings. The third-order valence-electron chi connectivity index (χ3n) is 7.41. The first-order chi connectivity index (χ1) is 19.6. The lowest BCUT2D eigenvalue weighted by Gasteiger charge is -2.31. The van der Waals surface area contributed by atoms with Gasteiger partial charge in [0.05, 0.1) is 24.1 Å². The summed E-state index contributed by atoms with van der Waals surface area (Å²) in [5.41, 5.74) is 2.70. The van der Waals surface area contributed by atoms with Crippen molar-refractivity contribution in [1.82, 2.24) is 15.2 Å². The summed E-state index contributed by atoms with van der Waals surface area (Å²) in [6, 6.07) is 8.93. The van der Waals surface area contributed by atoms with Gasteiger partial charge in [0, 0.05) is 34.9 Å². The minimum absolute atomic E-state index is 0.0695. The zero-order valence-corrected chi connectivity index (χ0v) is 23.3. The zero-order valence-electron chi connectivity index (χ0n) is 23.3. The number of hydrogen-bond donors (Lipinski definition) is 2. The lowest BCUT2D eigenvalue weighted by Crippen LogP contribution is -2.33. The second kappa shape index (κ2) is 10.3. The molecule has 0 bridgehead atoms. The van der Waals surface area contributed by atoms with E-state index in [0.717, 1.165) is 12.1 Å². The molecule has 8 nitrogen and oxygen atoms in total.